The molecule has 1 aliphatic rings. The molecule has 7 nitrogen and oxygen atoms in total. The average Bonchev–Trinajstić information content (AvgIpc) is 2.94. The summed E-state index contributed by atoms with van der Waals surface area (Å²) in [6.45, 7) is 1.84. The maximum absolute atomic E-state index is 5.47. The molecule has 0 bridgehead atoms. The molecule has 3 rings (SSSR count). The van der Waals surface area contributed by atoms with E-state index in [-0.39, 0.29) is 6.10 Å². The summed E-state index contributed by atoms with van der Waals surface area (Å²) in [6.07, 6.45) is 4.26. The van der Waals surface area contributed by atoms with Gasteiger partial charge in [-0.3, -0.25) is 5.10 Å². The zero-order valence-corrected chi connectivity index (χ0v) is 11.2. The Morgan fingerprint density at radius 3 is 3.16 bits per heavy atom. The largest absolute Gasteiger partial charge is 0.380 e. The van der Waals surface area contributed by atoms with Gasteiger partial charge in [-0.2, -0.15) is 15.1 Å². The van der Waals surface area contributed by atoms with Crippen molar-refractivity contribution in [2.45, 2.75) is 18.9 Å². The molecule has 0 aliphatic carbocycles. The van der Waals surface area contributed by atoms with Gasteiger partial charge in [0, 0.05) is 27.2 Å². The van der Waals surface area contributed by atoms with Gasteiger partial charge in [-0.1, -0.05) is 0 Å². The van der Waals surface area contributed by atoms with Crippen LogP contribution in [0.1, 0.15) is 12.8 Å². The number of fused-ring (bicyclic) bond motifs is 1. The van der Waals surface area contributed by atoms with E-state index in [0.29, 0.717) is 5.95 Å². The van der Waals surface area contributed by atoms with E-state index in [4.69, 9.17) is 4.74 Å². The van der Waals surface area contributed by atoms with Gasteiger partial charge in [0.15, 0.2) is 5.65 Å². The second kappa shape index (κ2) is 5.00. The first-order valence-corrected chi connectivity index (χ1v) is 6.48. The van der Waals surface area contributed by atoms with Crippen LogP contribution in [0.2, 0.25) is 0 Å². The first-order valence-electron chi connectivity index (χ1n) is 6.48. The molecule has 7 heteroatoms. The number of anilines is 2. The van der Waals surface area contributed by atoms with E-state index in [2.05, 4.69) is 30.4 Å². The van der Waals surface area contributed by atoms with Crippen LogP contribution in [0.5, 0.6) is 0 Å². The molecule has 19 heavy (non-hydrogen) atoms. The molecule has 3 heterocycles. The molecule has 2 aromatic heterocycles. The number of nitrogens with one attached hydrogen (secondary N) is 2. The predicted octanol–water partition coefficient (Wildman–Crippen LogP) is 1.01. The summed E-state index contributed by atoms with van der Waals surface area (Å²) in [5.41, 5.74) is 0.758. The molecule has 1 unspecified atom stereocenters. The van der Waals surface area contributed by atoms with E-state index in [1.165, 1.54) is 0 Å². The van der Waals surface area contributed by atoms with Gasteiger partial charge in [0.2, 0.25) is 5.95 Å². The van der Waals surface area contributed by atoms with E-state index < -0.39 is 0 Å². The normalized spacial score (nSPS) is 19.9. The number of aromatic amines is 1. The molecule has 1 atom stereocenters. The van der Waals surface area contributed by atoms with Crippen LogP contribution >= 0.6 is 0 Å². The van der Waals surface area contributed by atoms with Crippen LogP contribution in [0.15, 0.2) is 6.20 Å². The minimum absolute atomic E-state index is 0.267. The minimum Gasteiger partial charge on any atom is -0.380 e. The monoisotopic (exact) mass is 262 g/mol. The van der Waals surface area contributed by atoms with Gasteiger partial charge in [-0.25, -0.2) is 0 Å². The van der Waals surface area contributed by atoms with Crippen molar-refractivity contribution in [3.63, 3.8) is 0 Å². The fourth-order valence-corrected chi connectivity index (χ4v) is 2.50. The number of hydrogen-bond acceptors (Lipinski definition) is 6. The van der Waals surface area contributed by atoms with Crippen molar-refractivity contribution in [2.24, 2.45) is 0 Å². The Balaban J connectivity index is 2.00. The highest BCUT2D eigenvalue weighted by Crippen LogP contribution is 2.26. The minimum atomic E-state index is 0.267. The molecule has 1 fully saturated rings. The van der Waals surface area contributed by atoms with Gasteiger partial charge in [-0.15, -0.1) is 0 Å². The Hall–Kier alpha value is -1.89. The molecule has 1 aliphatic heterocycles. The maximum atomic E-state index is 5.47. The van der Waals surface area contributed by atoms with E-state index in [1.807, 2.05) is 7.05 Å². The molecule has 1 saturated heterocycles. The number of H-pyrrole nitrogens is 1. The molecule has 0 radical (unpaired) electrons. The van der Waals surface area contributed by atoms with E-state index >= 15 is 0 Å². The van der Waals surface area contributed by atoms with Crippen LogP contribution in [-0.2, 0) is 4.74 Å². The quantitative estimate of drug-likeness (QED) is 0.859. The van der Waals surface area contributed by atoms with Crippen LogP contribution < -0.4 is 10.2 Å². The van der Waals surface area contributed by atoms with Crippen molar-refractivity contribution >= 4 is 22.8 Å². The molecule has 0 amide bonds. The lowest BCUT2D eigenvalue weighted by molar-refractivity contribution is 0.0892. The molecular weight excluding hydrogens is 244 g/mol. The van der Waals surface area contributed by atoms with Gasteiger partial charge >= 0.3 is 0 Å². The number of nitrogens with zero attached hydrogens (tertiary/aromatic N) is 4. The van der Waals surface area contributed by atoms with Gasteiger partial charge in [0.1, 0.15) is 5.82 Å². The van der Waals surface area contributed by atoms with E-state index in [1.54, 1.807) is 13.3 Å². The summed E-state index contributed by atoms with van der Waals surface area (Å²) >= 11 is 0. The highest BCUT2D eigenvalue weighted by atomic mass is 16.5. The summed E-state index contributed by atoms with van der Waals surface area (Å²) in [5.74, 6) is 1.52. The smallest absolute Gasteiger partial charge is 0.226 e. The van der Waals surface area contributed by atoms with E-state index in [0.717, 1.165) is 42.8 Å². The molecule has 2 aromatic rings. The Labute approximate surface area is 111 Å². The number of rotatable bonds is 3. The summed E-state index contributed by atoms with van der Waals surface area (Å²) in [6, 6.07) is 0. The van der Waals surface area contributed by atoms with Crippen molar-refractivity contribution in [3.8, 4) is 0 Å². The van der Waals surface area contributed by atoms with Crippen LogP contribution in [0.25, 0.3) is 11.0 Å². The molecule has 2 N–H and O–H groups in total. The topological polar surface area (TPSA) is 79.0 Å². The van der Waals surface area contributed by atoms with E-state index in [9.17, 15) is 0 Å². The number of methoxy groups -OCH3 is 1. The Bertz CT molecular complexity index is 568. The van der Waals surface area contributed by atoms with Crippen LogP contribution in [-0.4, -0.2) is 53.5 Å². The van der Waals surface area contributed by atoms with Crippen molar-refractivity contribution in [3.05, 3.63) is 6.20 Å². The fraction of sp³-hybridized carbons (Fsp3) is 0.583. The SMILES string of the molecule is CNc1nc(N2CCCC(OC)C2)c2cn[nH]c2n1. The number of hydrogen-bond donors (Lipinski definition) is 2. The Kier molecular flexibility index (Phi) is 3.20. The van der Waals surface area contributed by atoms with Crippen LogP contribution in [0.3, 0.4) is 0 Å². The summed E-state index contributed by atoms with van der Waals surface area (Å²) in [5, 5.41) is 10.9. The van der Waals surface area contributed by atoms with Crippen molar-refractivity contribution in [2.75, 3.05) is 37.5 Å². The average molecular weight is 262 g/mol. The summed E-state index contributed by atoms with van der Waals surface area (Å²) in [7, 11) is 3.58. The van der Waals surface area contributed by atoms with Crippen molar-refractivity contribution in [1.82, 2.24) is 20.2 Å². The molecule has 0 aromatic carbocycles. The number of piperidine rings is 1. The summed E-state index contributed by atoms with van der Waals surface area (Å²) < 4.78 is 5.47. The van der Waals surface area contributed by atoms with Gasteiger partial charge in [0.25, 0.3) is 0 Å². The first-order chi connectivity index (χ1) is 9.31. The fourth-order valence-electron chi connectivity index (χ4n) is 2.50. The second-order valence-electron chi connectivity index (χ2n) is 4.70. The zero-order chi connectivity index (χ0) is 13.2. The van der Waals surface area contributed by atoms with Gasteiger partial charge < -0.3 is 15.0 Å². The molecule has 0 spiro atoms. The zero-order valence-electron chi connectivity index (χ0n) is 11.2. The third-order valence-corrected chi connectivity index (χ3v) is 3.52. The third kappa shape index (κ3) is 2.21. The van der Waals surface area contributed by atoms with Crippen molar-refractivity contribution in [1.29, 1.82) is 0 Å². The highest BCUT2D eigenvalue weighted by molar-refractivity contribution is 5.87. The molecule has 0 saturated carbocycles. The Morgan fingerprint density at radius 2 is 2.37 bits per heavy atom. The lowest BCUT2D eigenvalue weighted by Crippen LogP contribution is -2.39. The highest BCUT2D eigenvalue weighted by Gasteiger charge is 2.23. The molecular formula is C12H18N6O. The molecule has 102 valence electrons. The van der Waals surface area contributed by atoms with Gasteiger partial charge in [-0.05, 0) is 12.8 Å². The standard InChI is InChI=1S/C12H18N6O/c1-13-12-15-10-9(6-14-17-10)11(16-12)18-5-3-4-8(7-18)19-2/h6,8H,3-5,7H2,1-2H3,(H2,13,14,15,16,17). The lowest BCUT2D eigenvalue weighted by Gasteiger charge is -2.33. The third-order valence-electron chi connectivity index (χ3n) is 3.52. The lowest BCUT2D eigenvalue weighted by atomic mass is 10.1. The van der Waals surface area contributed by atoms with Gasteiger partial charge in [0.05, 0.1) is 17.7 Å². The number of ether oxygens (including phenoxy) is 1. The number of aromatic nitrogens is 4. The Morgan fingerprint density at radius 1 is 1.47 bits per heavy atom. The summed E-state index contributed by atoms with van der Waals surface area (Å²) in [4.78, 5) is 11.2. The van der Waals surface area contributed by atoms with Crippen molar-refractivity contribution < 1.29 is 4.74 Å². The van der Waals surface area contributed by atoms with Crippen LogP contribution in [0, 0.1) is 0 Å². The first kappa shape index (κ1) is 12.2. The maximum Gasteiger partial charge on any atom is 0.226 e. The van der Waals surface area contributed by atoms with Crippen LogP contribution in [0.4, 0.5) is 11.8 Å². The second-order valence-corrected chi connectivity index (χ2v) is 4.70. The predicted molar refractivity (Wildman–Crippen MR) is 73.5 cm³/mol.